The summed E-state index contributed by atoms with van der Waals surface area (Å²) in [6.07, 6.45) is 4.89. The van der Waals surface area contributed by atoms with Crippen molar-refractivity contribution in [3.8, 4) is 0 Å². The quantitative estimate of drug-likeness (QED) is 0.911. The van der Waals surface area contributed by atoms with Crippen LogP contribution in [-0.2, 0) is 0 Å². The minimum absolute atomic E-state index is 0.282. The Bertz CT molecular complexity index is 709. The molecule has 0 aliphatic carbocycles. The Labute approximate surface area is 147 Å². The summed E-state index contributed by atoms with van der Waals surface area (Å²) < 4.78 is 0. The standard InChI is InChI=1S/C18H21ClN4O/c1-13-6-7-14(19)12-16(13)20-18(24)15-8-9-17(22-21-15)23-10-4-2-3-5-11-23/h6-9,12H,2-5,10-11H2,1H3,(H,20,24). The first kappa shape index (κ1) is 16.7. The maximum absolute atomic E-state index is 12.3. The summed E-state index contributed by atoms with van der Waals surface area (Å²) in [5, 5.41) is 11.8. The van der Waals surface area contributed by atoms with Gasteiger partial charge in [-0.05, 0) is 49.6 Å². The molecule has 0 unspecified atom stereocenters. The number of benzene rings is 1. The lowest BCUT2D eigenvalue weighted by Crippen LogP contribution is -2.25. The first-order valence-electron chi connectivity index (χ1n) is 8.30. The maximum Gasteiger partial charge on any atom is 0.276 e. The second-order valence-corrected chi connectivity index (χ2v) is 6.53. The van der Waals surface area contributed by atoms with Crippen molar-refractivity contribution in [3.05, 3.63) is 46.6 Å². The van der Waals surface area contributed by atoms with Crippen LogP contribution in [0.2, 0.25) is 5.02 Å². The van der Waals surface area contributed by atoms with Crippen LogP contribution in [0.15, 0.2) is 30.3 Å². The van der Waals surface area contributed by atoms with Crippen molar-refractivity contribution in [2.75, 3.05) is 23.3 Å². The Morgan fingerprint density at radius 3 is 2.50 bits per heavy atom. The van der Waals surface area contributed by atoms with Gasteiger partial charge in [-0.15, -0.1) is 10.2 Å². The molecule has 6 heteroatoms. The van der Waals surface area contributed by atoms with E-state index in [2.05, 4.69) is 20.4 Å². The third-order valence-electron chi connectivity index (χ3n) is 4.26. The number of carbonyl (C=O) groups excluding carboxylic acids is 1. The molecule has 0 spiro atoms. The molecule has 3 rings (SSSR count). The lowest BCUT2D eigenvalue weighted by atomic mass is 10.2. The van der Waals surface area contributed by atoms with Crippen LogP contribution in [0.1, 0.15) is 41.7 Å². The number of hydrogen-bond acceptors (Lipinski definition) is 4. The highest BCUT2D eigenvalue weighted by molar-refractivity contribution is 6.31. The molecular weight excluding hydrogens is 324 g/mol. The van der Waals surface area contributed by atoms with E-state index in [0.29, 0.717) is 16.4 Å². The fraction of sp³-hybridized carbons (Fsp3) is 0.389. The third kappa shape index (κ3) is 4.03. The topological polar surface area (TPSA) is 58.1 Å². The molecule has 0 radical (unpaired) electrons. The molecule has 0 saturated carbocycles. The van der Waals surface area contributed by atoms with E-state index in [9.17, 15) is 4.79 Å². The van der Waals surface area contributed by atoms with Gasteiger partial charge in [-0.25, -0.2) is 0 Å². The maximum atomic E-state index is 12.3. The molecule has 1 aliphatic rings. The predicted octanol–water partition coefficient (Wildman–Crippen LogP) is 4.07. The van der Waals surface area contributed by atoms with Crippen molar-refractivity contribution in [2.24, 2.45) is 0 Å². The van der Waals surface area contributed by atoms with Gasteiger partial charge in [-0.2, -0.15) is 0 Å². The second-order valence-electron chi connectivity index (χ2n) is 6.09. The van der Waals surface area contributed by atoms with Gasteiger partial charge in [-0.1, -0.05) is 30.5 Å². The van der Waals surface area contributed by atoms with E-state index < -0.39 is 0 Å². The molecule has 1 fully saturated rings. The van der Waals surface area contributed by atoms with Crippen molar-refractivity contribution in [1.29, 1.82) is 0 Å². The number of amides is 1. The van der Waals surface area contributed by atoms with Crippen molar-refractivity contribution in [1.82, 2.24) is 10.2 Å². The fourth-order valence-corrected chi connectivity index (χ4v) is 3.00. The van der Waals surface area contributed by atoms with Gasteiger partial charge in [-0.3, -0.25) is 4.79 Å². The molecule has 1 aliphatic heterocycles. The Morgan fingerprint density at radius 2 is 1.83 bits per heavy atom. The molecule has 126 valence electrons. The molecule has 1 aromatic carbocycles. The van der Waals surface area contributed by atoms with Gasteiger partial charge in [0.15, 0.2) is 11.5 Å². The minimum atomic E-state index is -0.282. The smallest absolute Gasteiger partial charge is 0.276 e. The first-order valence-corrected chi connectivity index (χ1v) is 8.67. The van der Waals surface area contributed by atoms with Crippen LogP contribution in [-0.4, -0.2) is 29.2 Å². The summed E-state index contributed by atoms with van der Waals surface area (Å²) >= 11 is 5.98. The third-order valence-corrected chi connectivity index (χ3v) is 4.50. The highest BCUT2D eigenvalue weighted by Gasteiger charge is 2.14. The predicted molar refractivity (Wildman–Crippen MR) is 96.9 cm³/mol. The number of rotatable bonds is 3. The number of aromatic nitrogens is 2. The van der Waals surface area contributed by atoms with Crippen LogP contribution in [0.25, 0.3) is 0 Å². The fourth-order valence-electron chi connectivity index (χ4n) is 2.83. The van der Waals surface area contributed by atoms with Gasteiger partial charge < -0.3 is 10.2 Å². The average molecular weight is 345 g/mol. The highest BCUT2D eigenvalue weighted by Crippen LogP contribution is 2.21. The molecule has 1 N–H and O–H groups in total. The second kappa shape index (κ2) is 7.62. The van der Waals surface area contributed by atoms with Gasteiger partial charge in [0.05, 0.1) is 0 Å². The molecule has 5 nitrogen and oxygen atoms in total. The van der Waals surface area contributed by atoms with Gasteiger partial charge in [0.25, 0.3) is 5.91 Å². The monoisotopic (exact) mass is 344 g/mol. The van der Waals surface area contributed by atoms with Gasteiger partial charge in [0.1, 0.15) is 0 Å². The van der Waals surface area contributed by atoms with E-state index >= 15 is 0 Å². The highest BCUT2D eigenvalue weighted by atomic mass is 35.5. The van der Waals surface area contributed by atoms with Crippen molar-refractivity contribution in [2.45, 2.75) is 32.6 Å². The van der Waals surface area contributed by atoms with E-state index in [1.807, 2.05) is 19.1 Å². The number of carbonyl (C=O) groups is 1. The van der Waals surface area contributed by atoms with Crippen molar-refractivity contribution < 1.29 is 4.79 Å². The largest absolute Gasteiger partial charge is 0.355 e. The van der Waals surface area contributed by atoms with Crippen LogP contribution in [0.5, 0.6) is 0 Å². The van der Waals surface area contributed by atoms with E-state index in [1.54, 1.807) is 18.2 Å². The van der Waals surface area contributed by atoms with Gasteiger partial charge in [0, 0.05) is 23.8 Å². The van der Waals surface area contributed by atoms with Crippen LogP contribution < -0.4 is 10.2 Å². The SMILES string of the molecule is Cc1ccc(Cl)cc1NC(=O)c1ccc(N2CCCCCC2)nn1. The number of halogens is 1. The summed E-state index contributed by atoms with van der Waals surface area (Å²) in [7, 11) is 0. The number of nitrogens with zero attached hydrogens (tertiary/aromatic N) is 3. The molecule has 24 heavy (non-hydrogen) atoms. The zero-order chi connectivity index (χ0) is 16.9. The van der Waals surface area contributed by atoms with Crippen molar-refractivity contribution >= 4 is 29.0 Å². The first-order chi connectivity index (χ1) is 11.6. The van der Waals surface area contributed by atoms with Crippen LogP contribution >= 0.6 is 11.6 Å². The van der Waals surface area contributed by atoms with E-state index in [-0.39, 0.29) is 5.91 Å². The zero-order valence-electron chi connectivity index (χ0n) is 13.8. The molecule has 1 aromatic heterocycles. The van der Waals surface area contributed by atoms with Gasteiger partial charge in [0.2, 0.25) is 0 Å². The summed E-state index contributed by atoms with van der Waals surface area (Å²) in [5.74, 6) is 0.558. The number of hydrogen-bond donors (Lipinski definition) is 1. The molecule has 2 heterocycles. The molecule has 0 atom stereocenters. The average Bonchev–Trinajstić information content (AvgIpc) is 2.87. The molecule has 0 bridgehead atoms. The lowest BCUT2D eigenvalue weighted by Gasteiger charge is -2.20. The number of anilines is 2. The Kier molecular flexibility index (Phi) is 5.30. The van der Waals surface area contributed by atoms with Crippen molar-refractivity contribution in [3.63, 3.8) is 0 Å². The van der Waals surface area contributed by atoms with Crippen LogP contribution in [0.3, 0.4) is 0 Å². The summed E-state index contributed by atoms with van der Waals surface area (Å²) in [6, 6.07) is 8.99. The van der Waals surface area contributed by atoms with Crippen LogP contribution in [0, 0.1) is 6.92 Å². The van der Waals surface area contributed by atoms with E-state index in [0.717, 1.165) is 24.5 Å². The summed E-state index contributed by atoms with van der Waals surface area (Å²) in [4.78, 5) is 14.6. The Hall–Kier alpha value is -2.14. The van der Waals surface area contributed by atoms with E-state index in [4.69, 9.17) is 11.6 Å². The molecule has 1 saturated heterocycles. The minimum Gasteiger partial charge on any atom is -0.355 e. The molecular formula is C18H21ClN4O. The lowest BCUT2D eigenvalue weighted by molar-refractivity contribution is 0.102. The Morgan fingerprint density at radius 1 is 1.08 bits per heavy atom. The Balaban J connectivity index is 1.70. The van der Waals surface area contributed by atoms with Gasteiger partial charge >= 0.3 is 0 Å². The van der Waals surface area contributed by atoms with E-state index in [1.165, 1.54) is 25.7 Å². The number of nitrogens with one attached hydrogen (secondary N) is 1. The normalized spacial score (nSPS) is 15.0. The van der Waals surface area contributed by atoms with Crippen LogP contribution in [0.4, 0.5) is 11.5 Å². The molecule has 1 amide bonds. The summed E-state index contributed by atoms with van der Waals surface area (Å²) in [6.45, 7) is 3.92. The molecule has 2 aromatic rings. The number of aryl methyl sites for hydroxylation is 1. The summed E-state index contributed by atoms with van der Waals surface area (Å²) in [5.41, 5.74) is 1.93. The zero-order valence-corrected chi connectivity index (χ0v) is 14.5.